The van der Waals surface area contributed by atoms with Gasteiger partial charge in [-0.15, -0.1) is 0 Å². The zero-order valence-corrected chi connectivity index (χ0v) is 14.8. The van der Waals surface area contributed by atoms with Crippen molar-refractivity contribution in [3.05, 3.63) is 26.9 Å². The maximum absolute atomic E-state index is 11.6. The van der Waals surface area contributed by atoms with Crippen LogP contribution in [0.2, 0.25) is 0 Å². The lowest BCUT2D eigenvalue weighted by Crippen LogP contribution is -2.41. The molecule has 1 saturated carbocycles. The molecule has 1 aromatic rings. The SMILES string of the molecule is O=C(O)C1CC2CCCCC2N1Cc1ncc(Br)cc1Br. The Kier molecular flexibility index (Phi) is 4.66. The fourth-order valence-electron chi connectivity index (χ4n) is 3.76. The summed E-state index contributed by atoms with van der Waals surface area (Å²) in [7, 11) is 0. The van der Waals surface area contributed by atoms with E-state index in [1.54, 1.807) is 6.20 Å². The number of carboxylic acids is 1. The lowest BCUT2D eigenvalue weighted by molar-refractivity contribution is -0.142. The van der Waals surface area contributed by atoms with Crippen molar-refractivity contribution in [2.24, 2.45) is 5.92 Å². The zero-order valence-electron chi connectivity index (χ0n) is 11.6. The lowest BCUT2D eigenvalue weighted by atomic mass is 9.85. The monoisotopic (exact) mass is 416 g/mol. The first-order chi connectivity index (χ1) is 10.1. The molecule has 3 unspecified atom stereocenters. The third-order valence-electron chi connectivity index (χ3n) is 4.72. The van der Waals surface area contributed by atoms with E-state index < -0.39 is 5.97 Å². The number of nitrogens with zero attached hydrogens (tertiary/aromatic N) is 2. The molecule has 0 radical (unpaired) electrons. The number of fused-ring (bicyclic) bond motifs is 1. The number of hydrogen-bond acceptors (Lipinski definition) is 3. The van der Waals surface area contributed by atoms with E-state index in [2.05, 4.69) is 41.7 Å². The van der Waals surface area contributed by atoms with Crippen molar-refractivity contribution < 1.29 is 9.90 Å². The second-order valence-corrected chi connectivity index (χ2v) is 7.73. The van der Waals surface area contributed by atoms with Crippen LogP contribution in [0, 0.1) is 5.92 Å². The van der Waals surface area contributed by atoms with Gasteiger partial charge < -0.3 is 5.11 Å². The number of hydrogen-bond donors (Lipinski definition) is 1. The van der Waals surface area contributed by atoms with E-state index in [0.717, 1.165) is 27.5 Å². The standard InChI is InChI=1S/C15H18Br2N2O2/c16-10-6-11(17)12(18-7-10)8-19-13-4-2-1-3-9(13)5-14(19)15(20)21/h6-7,9,13-14H,1-5,8H2,(H,20,21). The van der Waals surface area contributed by atoms with Gasteiger partial charge in [0.1, 0.15) is 6.04 Å². The molecule has 4 nitrogen and oxygen atoms in total. The summed E-state index contributed by atoms with van der Waals surface area (Å²) in [6.45, 7) is 0.603. The summed E-state index contributed by atoms with van der Waals surface area (Å²) in [6.07, 6.45) is 7.28. The summed E-state index contributed by atoms with van der Waals surface area (Å²) < 4.78 is 1.85. The molecule has 114 valence electrons. The van der Waals surface area contributed by atoms with E-state index in [0.29, 0.717) is 18.5 Å². The molecule has 1 saturated heterocycles. The Morgan fingerprint density at radius 3 is 2.86 bits per heavy atom. The van der Waals surface area contributed by atoms with Crippen molar-refractivity contribution in [1.29, 1.82) is 0 Å². The first-order valence-electron chi connectivity index (χ1n) is 7.34. The van der Waals surface area contributed by atoms with Gasteiger partial charge in [0, 0.05) is 27.7 Å². The molecular formula is C15H18Br2N2O2. The van der Waals surface area contributed by atoms with Crippen LogP contribution in [0.3, 0.4) is 0 Å². The highest BCUT2D eigenvalue weighted by Crippen LogP contribution is 2.40. The van der Waals surface area contributed by atoms with Gasteiger partial charge in [-0.1, -0.05) is 12.8 Å². The van der Waals surface area contributed by atoms with Crippen LogP contribution in [-0.4, -0.2) is 33.0 Å². The summed E-state index contributed by atoms with van der Waals surface area (Å²) in [4.78, 5) is 18.2. The van der Waals surface area contributed by atoms with Gasteiger partial charge in [-0.2, -0.15) is 0 Å². The number of carbonyl (C=O) groups is 1. The minimum atomic E-state index is -0.697. The van der Waals surface area contributed by atoms with Gasteiger partial charge in [-0.25, -0.2) is 0 Å². The smallest absolute Gasteiger partial charge is 0.320 e. The van der Waals surface area contributed by atoms with E-state index in [9.17, 15) is 9.90 Å². The molecule has 2 heterocycles. The van der Waals surface area contributed by atoms with Crippen LogP contribution < -0.4 is 0 Å². The molecule has 3 atom stereocenters. The van der Waals surface area contributed by atoms with Crippen molar-refractivity contribution >= 4 is 37.8 Å². The number of carboxylic acid groups (broad SMARTS) is 1. The summed E-state index contributed by atoms with van der Waals surface area (Å²) in [6, 6.07) is 2.00. The van der Waals surface area contributed by atoms with Gasteiger partial charge in [0.05, 0.1) is 5.69 Å². The molecule has 0 amide bonds. The predicted molar refractivity (Wildman–Crippen MR) is 87.0 cm³/mol. The van der Waals surface area contributed by atoms with Gasteiger partial charge in [0.25, 0.3) is 0 Å². The molecule has 0 aromatic carbocycles. The summed E-state index contributed by atoms with van der Waals surface area (Å²) in [5.74, 6) is -0.160. The molecule has 2 fully saturated rings. The van der Waals surface area contributed by atoms with Crippen molar-refractivity contribution in [2.75, 3.05) is 0 Å². The Balaban J connectivity index is 1.84. The highest BCUT2D eigenvalue weighted by Gasteiger charge is 2.45. The minimum Gasteiger partial charge on any atom is -0.480 e. The van der Waals surface area contributed by atoms with E-state index in [1.807, 2.05) is 6.07 Å². The van der Waals surface area contributed by atoms with Crippen LogP contribution in [0.4, 0.5) is 0 Å². The maximum Gasteiger partial charge on any atom is 0.320 e. The van der Waals surface area contributed by atoms with Gasteiger partial charge in [-0.05, 0) is 63.1 Å². The Bertz CT molecular complexity index is 552. The summed E-state index contributed by atoms with van der Waals surface area (Å²) in [5.41, 5.74) is 0.913. The molecule has 21 heavy (non-hydrogen) atoms. The number of aliphatic carboxylic acids is 1. The van der Waals surface area contributed by atoms with Crippen molar-refractivity contribution in [3.63, 3.8) is 0 Å². The molecular weight excluding hydrogens is 400 g/mol. The molecule has 1 aliphatic carbocycles. The highest BCUT2D eigenvalue weighted by molar-refractivity contribution is 9.11. The fraction of sp³-hybridized carbons (Fsp3) is 0.600. The van der Waals surface area contributed by atoms with Crippen LogP contribution in [0.15, 0.2) is 21.2 Å². The van der Waals surface area contributed by atoms with Gasteiger partial charge in [0.15, 0.2) is 0 Å². The Hall–Kier alpha value is -0.460. The Morgan fingerprint density at radius 1 is 1.38 bits per heavy atom. The van der Waals surface area contributed by atoms with Crippen molar-refractivity contribution in [3.8, 4) is 0 Å². The number of likely N-dealkylation sites (tertiary alicyclic amines) is 1. The molecule has 1 aliphatic heterocycles. The van der Waals surface area contributed by atoms with Gasteiger partial charge in [0.2, 0.25) is 0 Å². The molecule has 6 heteroatoms. The van der Waals surface area contributed by atoms with Crippen LogP contribution in [0.25, 0.3) is 0 Å². The minimum absolute atomic E-state index is 0.365. The van der Waals surface area contributed by atoms with Crippen LogP contribution in [0.5, 0.6) is 0 Å². The van der Waals surface area contributed by atoms with Crippen molar-refractivity contribution in [2.45, 2.75) is 50.7 Å². The quantitative estimate of drug-likeness (QED) is 0.811. The summed E-state index contributed by atoms with van der Waals surface area (Å²) >= 11 is 6.93. The molecule has 2 aliphatic rings. The molecule has 1 N–H and O–H groups in total. The second kappa shape index (κ2) is 6.34. The molecule has 0 bridgehead atoms. The van der Waals surface area contributed by atoms with Crippen LogP contribution in [-0.2, 0) is 11.3 Å². The Labute approximate surface area is 141 Å². The predicted octanol–water partition coefficient (Wildman–Crippen LogP) is 3.82. The first-order valence-corrected chi connectivity index (χ1v) is 8.93. The second-order valence-electron chi connectivity index (χ2n) is 5.96. The normalized spacial score (nSPS) is 29.3. The molecule has 0 spiro atoms. The van der Waals surface area contributed by atoms with Crippen LogP contribution >= 0.6 is 31.9 Å². The molecule has 3 rings (SSSR count). The average molecular weight is 418 g/mol. The largest absolute Gasteiger partial charge is 0.480 e. The third-order valence-corrected chi connectivity index (χ3v) is 5.84. The molecule has 1 aromatic heterocycles. The van der Waals surface area contributed by atoms with E-state index in [1.165, 1.54) is 19.3 Å². The average Bonchev–Trinajstić information content (AvgIpc) is 2.81. The highest BCUT2D eigenvalue weighted by atomic mass is 79.9. The number of aromatic nitrogens is 1. The number of halogens is 2. The summed E-state index contributed by atoms with van der Waals surface area (Å²) in [5, 5.41) is 9.54. The Morgan fingerprint density at radius 2 is 2.14 bits per heavy atom. The van der Waals surface area contributed by atoms with E-state index >= 15 is 0 Å². The topological polar surface area (TPSA) is 53.4 Å². The van der Waals surface area contributed by atoms with E-state index in [-0.39, 0.29) is 6.04 Å². The third kappa shape index (κ3) is 3.17. The maximum atomic E-state index is 11.6. The number of rotatable bonds is 3. The number of pyridine rings is 1. The zero-order chi connectivity index (χ0) is 15.0. The van der Waals surface area contributed by atoms with Crippen molar-refractivity contribution in [1.82, 2.24) is 9.88 Å². The van der Waals surface area contributed by atoms with Gasteiger partial charge >= 0.3 is 5.97 Å². The van der Waals surface area contributed by atoms with Crippen LogP contribution in [0.1, 0.15) is 37.8 Å². The van der Waals surface area contributed by atoms with Gasteiger partial charge in [-0.3, -0.25) is 14.7 Å². The lowest BCUT2D eigenvalue weighted by Gasteiger charge is -2.32. The fourth-order valence-corrected chi connectivity index (χ4v) is 4.87. The van der Waals surface area contributed by atoms with E-state index in [4.69, 9.17) is 0 Å². The first kappa shape index (κ1) is 15.4.